The van der Waals surface area contributed by atoms with Crippen molar-refractivity contribution in [2.75, 3.05) is 14.2 Å². The molecular formula is C20H28N4O2. The lowest BCUT2D eigenvalue weighted by molar-refractivity contribution is 0.203. The number of nitrogens with one attached hydrogen (secondary N) is 2. The topological polar surface area (TPSA) is 70.2 Å². The van der Waals surface area contributed by atoms with Crippen molar-refractivity contribution in [2.45, 2.75) is 51.6 Å². The van der Waals surface area contributed by atoms with Crippen LogP contribution in [0, 0.1) is 0 Å². The lowest BCUT2D eigenvalue weighted by Gasteiger charge is -2.21. The smallest absolute Gasteiger partial charge is 0.317 e. The molecule has 0 saturated heterocycles. The van der Waals surface area contributed by atoms with Gasteiger partial charge in [-0.25, -0.2) is 4.79 Å². The molecule has 3 rings (SSSR count). The largest absolute Gasteiger partial charge is 0.497 e. The van der Waals surface area contributed by atoms with E-state index >= 15 is 0 Å². The predicted molar refractivity (Wildman–Crippen MR) is 101 cm³/mol. The number of ether oxygens (including phenoxy) is 1. The van der Waals surface area contributed by atoms with Crippen LogP contribution in [0.5, 0.6) is 5.75 Å². The van der Waals surface area contributed by atoms with E-state index < -0.39 is 0 Å². The molecule has 26 heavy (non-hydrogen) atoms. The third kappa shape index (κ3) is 4.18. The van der Waals surface area contributed by atoms with Crippen LogP contribution >= 0.6 is 0 Å². The van der Waals surface area contributed by atoms with Gasteiger partial charge in [0, 0.05) is 12.7 Å². The molecule has 0 fully saturated rings. The van der Waals surface area contributed by atoms with Crippen LogP contribution in [0.3, 0.4) is 0 Å². The van der Waals surface area contributed by atoms with E-state index in [1.807, 2.05) is 38.2 Å². The van der Waals surface area contributed by atoms with Gasteiger partial charge < -0.3 is 15.0 Å². The zero-order valence-electron chi connectivity index (χ0n) is 15.8. The molecule has 1 aliphatic rings. The molecule has 0 spiro atoms. The lowest BCUT2D eigenvalue weighted by Crippen LogP contribution is -2.38. The van der Waals surface area contributed by atoms with Crippen molar-refractivity contribution in [3.8, 4) is 5.75 Å². The zero-order valence-corrected chi connectivity index (χ0v) is 15.8. The number of nitrogens with zero attached hydrogens (tertiary/aromatic N) is 2. The first-order chi connectivity index (χ1) is 12.6. The molecule has 6 nitrogen and oxygen atoms in total. The summed E-state index contributed by atoms with van der Waals surface area (Å²) in [6, 6.07) is 7.57. The van der Waals surface area contributed by atoms with Crippen LogP contribution in [0.15, 0.2) is 24.3 Å². The minimum absolute atomic E-state index is 0.0767. The molecule has 1 atom stereocenters. The van der Waals surface area contributed by atoms with Crippen molar-refractivity contribution in [3.63, 3.8) is 0 Å². The van der Waals surface area contributed by atoms with E-state index in [0.717, 1.165) is 29.8 Å². The first-order valence-corrected chi connectivity index (χ1v) is 9.29. The highest BCUT2D eigenvalue weighted by Gasteiger charge is 2.19. The molecule has 0 aliphatic heterocycles. The first kappa shape index (κ1) is 18.3. The fourth-order valence-electron chi connectivity index (χ4n) is 3.42. The fourth-order valence-corrected chi connectivity index (χ4v) is 3.42. The normalized spacial score (nSPS) is 14.9. The van der Waals surface area contributed by atoms with Gasteiger partial charge in [0.1, 0.15) is 5.75 Å². The van der Waals surface area contributed by atoms with E-state index in [9.17, 15) is 4.79 Å². The summed E-state index contributed by atoms with van der Waals surface area (Å²) >= 11 is 0. The van der Waals surface area contributed by atoms with Crippen LogP contribution in [0.4, 0.5) is 4.79 Å². The van der Waals surface area contributed by atoms with Crippen molar-refractivity contribution in [3.05, 3.63) is 46.8 Å². The Kier molecular flexibility index (Phi) is 5.81. The Bertz CT molecular complexity index is 739. The molecular weight excluding hydrogens is 328 g/mol. The van der Waals surface area contributed by atoms with Crippen LogP contribution in [0.25, 0.3) is 0 Å². The second-order valence-electron chi connectivity index (χ2n) is 6.99. The number of hydrogen-bond donors (Lipinski definition) is 2. The van der Waals surface area contributed by atoms with Crippen LogP contribution in [-0.2, 0) is 19.4 Å². The van der Waals surface area contributed by atoms with Crippen LogP contribution in [0.2, 0.25) is 0 Å². The molecule has 1 unspecified atom stereocenters. The van der Waals surface area contributed by atoms with E-state index in [0.29, 0.717) is 6.54 Å². The lowest BCUT2D eigenvalue weighted by atomic mass is 10.1. The summed E-state index contributed by atoms with van der Waals surface area (Å²) in [5.41, 5.74) is 4.60. The molecule has 1 heterocycles. The number of H-pyrrole nitrogens is 1. The SMILES string of the molecule is COc1ccc(C(C)NC(=O)N(C)Cc2n[nH]c3c2CCCCC3)cc1. The molecule has 1 aliphatic carbocycles. The van der Waals surface area contributed by atoms with Crippen molar-refractivity contribution < 1.29 is 9.53 Å². The van der Waals surface area contributed by atoms with Crippen molar-refractivity contribution in [1.29, 1.82) is 0 Å². The van der Waals surface area contributed by atoms with Gasteiger partial charge in [-0.05, 0) is 55.9 Å². The summed E-state index contributed by atoms with van der Waals surface area (Å²) < 4.78 is 5.18. The summed E-state index contributed by atoms with van der Waals surface area (Å²) in [5, 5.41) is 10.7. The maximum absolute atomic E-state index is 12.6. The monoisotopic (exact) mass is 356 g/mol. The van der Waals surface area contributed by atoms with Gasteiger partial charge in [0.2, 0.25) is 0 Å². The molecule has 2 aromatic rings. The van der Waals surface area contributed by atoms with Crippen LogP contribution < -0.4 is 10.1 Å². The van der Waals surface area contributed by atoms with E-state index in [-0.39, 0.29) is 12.1 Å². The number of amides is 2. The molecule has 0 bridgehead atoms. The summed E-state index contributed by atoms with van der Waals surface area (Å²) in [7, 11) is 3.46. The van der Waals surface area contributed by atoms with E-state index in [1.165, 1.54) is 30.5 Å². The van der Waals surface area contributed by atoms with Gasteiger partial charge in [-0.15, -0.1) is 0 Å². The van der Waals surface area contributed by atoms with Gasteiger partial charge in [0.25, 0.3) is 0 Å². The third-order valence-electron chi connectivity index (χ3n) is 5.08. The van der Waals surface area contributed by atoms with Crippen molar-refractivity contribution in [2.24, 2.45) is 0 Å². The Morgan fingerprint density at radius 1 is 1.27 bits per heavy atom. The predicted octanol–water partition coefficient (Wildman–Crippen LogP) is 3.59. The number of urea groups is 1. The van der Waals surface area contributed by atoms with Crippen molar-refractivity contribution >= 4 is 6.03 Å². The summed E-state index contributed by atoms with van der Waals surface area (Å²) in [6.45, 7) is 2.50. The summed E-state index contributed by atoms with van der Waals surface area (Å²) in [5.74, 6) is 0.809. The van der Waals surface area contributed by atoms with Gasteiger partial charge in [0.05, 0.1) is 25.4 Å². The molecule has 6 heteroatoms. The minimum atomic E-state index is -0.0984. The highest BCUT2D eigenvalue weighted by molar-refractivity contribution is 5.74. The van der Waals surface area contributed by atoms with Crippen LogP contribution in [0.1, 0.15) is 54.7 Å². The highest BCUT2D eigenvalue weighted by Crippen LogP contribution is 2.23. The standard InChI is InChI=1S/C20H28N4O2/c1-14(15-9-11-16(26-3)12-10-15)21-20(25)24(2)13-19-17-7-5-4-6-8-18(17)22-23-19/h9-12,14H,4-8,13H2,1-3H3,(H,21,25)(H,22,23). The van der Waals surface area contributed by atoms with Crippen LogP contribution in [-0.4, -0.2) is 35.3 Å². The number of carbonyl (C=O) groups is 1. The maximum Gasteiger partial charge on any atom is 0.317 e. The van der Waals surface area contributed by atoms with E-state index in [2.05, 4.69) is 15.5 Å². The van der Waals surface area contributed by atoms with Gasteiger partial charge in [-0.3, -0.25) is 5.10 Å². The summed E-state index contributed by atoms with van der Waals surface area (Å²) in [6.07, 6.45) is 5.79. The molecule has 2 N–H and O–H groups in total. The second kappa shape index (κ2) is 8.25. The number of methoxy groups -OCH3 is 1. The number of fused-ring (bicyclic) bond motifs is 1. The molecule has 2 amide bonds. The highest BCUT2D eigenvalue weighted by atomic mass is 16.5. The number of carbonyl (C=O) groups excluding carboxylic acids is 1. The Labute approximate surface area is 154 Å². The zero-order chi connectivity index (χ0) is 18.5. The Morgan fingerprint density at radius 3 is 2.73 bits per heavy atom. The maximum atomic E-state index is 12.6. The Balaban J connectivity index is 1.60. The minimum Gasteiger partial charge on any atom is -0.497 e. The molecule has 1 aromatic heterocycles. The van der Waals surface area contributed by atoms with E-state index in [1.54, 1.807) is 12.0 Å². The van der Waals surface area contributed by atoms with Gasteiger partial charge >= 0.3 is 6.03 Å². The second-order valence-corrected chi connectivity index (χ2v) is 6.99. The average molecular weight is 356 g/mol. The number of benzene rings is 1. The molecule has 140 valence electrons. The number of aromatic amines is 1. The van der Waals surface area contributed by atoms with Gasteiger partial charge in [-0.2, -0.15) is 5.10 Å². The van der Waals surface area contributed by atoms with Crippen molar-refractivity contribution in [1.82, 2.24) is 20.4 Å². The first-order valence-electron chi connectivity index (χ1n) is 9.29. The molecule has 0 radical (unpaired) electrons. The van der Waals surface area contributed by atoms with Gasteiger partial charge in [0.15, 0.2) is 0 Å². The van der Waals surface area contributed by atoms with E-state index in [4.69, 9.17) is 4.74 Å². The number of rotatable bonds is 5. The molecule has 0 saturated carbocycles. The number of aromatic nitrogens is 2. The number of aryl methyl sites for hydroxylation is 1. The molecule has 1 aromatic carbocycles. The average Bonchev–Trinajstić information content (AvgIpc) is 2.88. The number of hydrogen-bond acceptors (Lipinski definition) is 3. The fraction of sp³-hybridized carbons (Fsp3) is 0.500. The summed E-state index contributed by atoms with van der Waals surface area (Å²) in [4.78, 5) is 14.3. The van der Waals surface area contributed by atoms with Gasteiger partial charge in [-0.1, -0.05) is 18.6 Å². The third-order valence-corrected chi connectivity index (χ3v) is 5.08. The Hall–Kier alpha value is -2.50. The quantitative estimate of drug-likeness (QED) is 0.804. The Morgan fingerprint density at radius 2 is 2.00 bits per heavy atom.